The predicted molar refractivity (Wildman–Crippen MR) is 77.0 cm³/mol. The van der Waals surface area contributed by atoms with Crippen molar-refractivity contribution in [2.75, 3.05) is 0 Å². The molecule has 1 atom stereocenters. The molecule has 0 amide bonds. The highest BCUT2D eigenvalue weighted by Crippen LogP contribution is 2.31. The normalized spacial score (nSPS) is 17.4. The first kappa shape index (κ1) is 14.0. The quantitative estimate of drug-likeness (QED) is 0.930. The van der Waals surface area contributed by atoms with Gasteiger partial charge in [0, 0.05) is 6.04 Å². The number of rotatable bonds is 3. The number of aryl methyl sites for hydroxylation is 1. The van der Waals surface area contributed by atoms with Crippen LogP contribution in [0, 0.1) is 11.6 Å². The smallest absolute Gasteiger partial charge is 0.159 e. The number of nitrogens with two attached hydrogens (primary N) is 1. The minimum absolute atomic E-state index is 0.0561. The molecule has 110 valence electrons. The van der Waals surface area contributed by atoms with Crippen LogP contribution in [-0.4, -0.2) is 0 Å². The highest BCUT2D eigenvalue weighted by Gasteiger charge is 2.17. The van der Waals surface area contributed by atoms with Gasteiger partial charge in [0.25, 0.3) is 0 Å². The van der Waals surface area contributed by atoms with Crippen molar-refractivity contribution in [2.45, 2.75) is 31.9 Å². The molecule has 2 nitrogen and oxygen atoms in total. The van der Waals surface area contributed by atoms with Crippen molar-refractivity contribution < 1.29 is 13.5 Å². The summed E-state index contributed by atoms with van der Waals surface area (Å²) in [6, 6.07) is 9.73. The zero-order valence-electron chi connectivity index (χ0n) is 11.6. The molecule has 1 unspecified atom stereocenters. The van der Waals surface area contributed by atoms with Gasteiger partial charge in [-0.25, -0.2) is 8.78 Å². The molecule has 0 heterocycles. The summed E-state index contributed by atoms with van der Waals surface area (Å²) in [5.74, 6) is -1.00. The first-order chi connectivity index (χ1) is 10.1. The molecule has 0 radical (unpaired) electrons. The third-order valence-electron chi connectivity index (χ3n) is 3.87. The van der Waals surface area contributed by atoms with E-state index >= 15 is 0 Å². The van der Waals surface area contributed by atoms with E-state index in [4.69, 9.17) is 10.5 Å². The molecule has 0 aliphatic heterocycles. The fourth-order valence-electron chi connectivity index (χ4n) is 2.70. The van der Waals surface area contributed by atoms with Gasteiger partial charge in [0.1, 0.15) is 12.4 Å². The van der Waals surface area contributed by atoms with Crippen molar-refractivity contribution in [1.82, 2.24) is 0 Å². The van der Waals surface area contributed by atoms with Crippen molar-refractivity contribution in [1.29, 1.82) is 0 Å². The van der Waals surface area contributed by atoms with Crippen LogP contribution in [0.5, 0.6) is 5.75 Å². The molecule has 3 rings (SSSR count). The Labute approximate surface area is 122 Å². The van der Waals surface area contributed by atoms with Gasteiger partial charge in [-0.2, -0.15) is 0 Å². The fourth-order valence-corrected chi connectivity index (χ4v) is 2.70. The van der Waals surface area contributed by atoms with Crippen molar-refractivity contribution in [3.05, 3.63) is 64.7 Å². The Balaban J connectivity index is 1.73. The lowest BCUT2D eigenvalue weighted by molar-refractivity contribution is 0.304. The van der Waals surface area contributed by atoms with Crippen LogP contribution in [0.3, 0.4) is 0 Å². The number of hydrogen-bond donors (Lipinski definition) is 1. The lowest BCUT2D eigenvalue weighted by Gasteiger charge is -2.22. The zero-order valence-corrected chi connectivity index (χ0v) is 11.6. The largest absolute Gasteiger partial charge is 0.489 e. The highest BCUT2D eigenvalue weighted by atomic mass is 19.2. The van der Waals surface area contributed by atoms with Crippen LogP contribution in [0.4, 0.5) is 8.78 Å². The molecule has 0 fully saturated rings. The molecule has 1 aliphatic rings. The van der Waals surface area contributed by atoms with Crippen molar-refractivity contribution >= 4 is 0 Å². The molecule has 0 spiro atoms. The van der Waals surface area contributed by atoms with Gasteiger partial charge in [0.05, 0.1) is 0 Å². The third kappa shape index (κ3) is 3.05. The van der Waals surface area contributed by atoms with Gasteiger partial charge < -0.3 is 10.5 Å². The van der Waals surface area contributed by atoms with E-state index in [1.807, 2.05) is 18.2 Å². The van der Waals surface area contributed by atoms with Crippen LogP contribution < -0.4 is 10.5 Å². The van der Waals surface area contributed by atoms with E-state index in [2.05, 4.69) is 0 Å². The van der Waals surface area contributed by atoms with E-state index in [1.165, 1.54) is 11.6 Å². The van der Waals surface area contributed by atoms with Gasteiger partial charge >= 0.3 is 0 Å². The van der Waals surface area contributed by atoms with Crippen molar-refractivity contribution in [3.8, 4) is 5.75 Å². The summed E-state index contributed by atoms with van der Waals surface area (Å²) in [5.41, 5.74) is 9.11. The van der Waals surface area contributed by atoms with Crippen LogP contribution in [0.15, 0.2) is 36.4 Å². The topological polar surface area (TPSA) is 35.2 Å². The lowest BCUT2D eigenvalue weighted by Crippen LogP contribution is -2.17. The first-order valence-corrected chi connectivity index (χ1v) is 7.08. The number of ether oxygens (including phenoxy) is 1. The van der Waals surface area contributed by atoms with E-state index in [9.17, 15) is 8.78 Å². The summed E-state index contributed by atoms with van der Waals surface area (Å²) in [6.07, 6.45) is 3.15. The van der Waals surface area contributed by atoms with Gasteiger partial charge in [-0.15, -0.1) is 0 Å². The molecular weight excluding hydrogens is 272 g/mol. The van der Waals surface area contributed by atoms with Gasteiger partial charge in [0.15, 0.2) is 11.6 Å². The fraction of sp³-hybridized carbons (Fsp3) is 0.294. The molecule has 0 saturated carbocycles. The Hall–Kier alpha value is -1.94. The number of fused-ring (bicyclic) bond motifs is 1. The summed E-state index contributed by atoms with van der Waals surface area (Å²) in [7, 11) is 0. The summed E-state index contributed by atoms with van der Waals surface area (Å²) in [5, 5.41) is 0. The van der Waals surface area contributed by atoms with E-state index < -0.39 is 11.6 Å². The molecule has 2 N–H and O–H groups in total. The standard InChI is InChI=1S/C17H17F2NO/c18-15-7-4-11(8-16(15)19)10-21-13-6-5-12-2-1-3-17(20)14(12)9-13/h4-9,17H,1-3,10,20H2. The Morgan fingerprint density at radius 3 is 2.76 bits per heavy atom. The van der Waals surface area contributed by atoms with Crippen LogP contribution in [0.2, 0.25) is 0 Å². The average Bonchev–Trinajstić information content (AvgIpc) is 2.49. The maximum absolute atomic E-state index is 13.1. The van der Waals surface area contributed by atoms with Gasteiger partial charge in [-0.05, 0) is 60.2 Å². The zero-order chi connectivity index (χ0) is 14.8. The van der Waals surface area contributed by atoms with Crippen molar-refractivity contribution in [3.63, 3.8) is 0 Å². The second-order valence-corrected chi connectivity index (χ2v) is 5.40. The van der Waals surface area contributed by atoms with Gasteiger partial charge in [-0.1, -0.05) is 12.1 Å². The van der Waals surface area contributed by atoms with Crippen LogP contribution in [-0.2, 0) is 13.0 Å². The maximum atomic E-state index is 13.1. The molecule has 0 bridgehead atoms. The van der Waals surface area contributed by atoms with Crippen LogP contribution in [0.1, 0.15) is 35.6 Å². The Bertz CT molecular complexity index is 657. The number of benzene rings is 2. The Kier molecular flexibility index (Phi) is 3.88. The van der Waals surface area contributed by atoms with Gasteiger partial charge in [-0.3, -0.25) is 0 Å². The summed E-state index contributed by atoms with van der Waals surface area (Å²) < 4.78 is 31.7. The Morgan fingerprint density at radius 1 is 1.10 bits per heavy atom. The minimum Gasteiger partial charge on any atom is -0.489 e. The molecule has 1 aliphatic carbocycles. The molecule has 21 heavy (non-hydrogen) atoms. The Morgan fingerprint density at radius 2 is 1.95 bits per heavy atom. The van der Waals surface area contributed by atoms with Gasteiger partial charge in [0.2, 0.25) is 0 Å². The van der Waals surface area contributed by atoms with E-state index in [-0.39, 0.29) is 12.6 Å². The molecule has 0 aromatic heterocycles. The van der Waals surface area contributed by atoms with Crippen LogP contribution in [0.25, 0.3) is 0 Å². The summed E-state index contributed by atoms with van der Waals surface area (Å²) in [4.78, 5) is 0. The van der Waals surface area contributed by atoms with E-state index in [0.717, 1.165) is 37.0 Å². The summed E-state index contributed by atoms with van der Waals surface area (Å²) in [6.45, 7) is 0.200. The van der Waals surface area contributed by atoms with Crippen LogP contribution >= 0.6 is 0 Å². The monoisotopic (exact) mass is 289 g/mol. The van der Waals surface area contributed by atoms with E-state index in [0.29, 0.717) is 11.3 Å². The number of halogens is 2. The predicted octanol–water partition coefficient (Wildman–Crippen LogP) is 3.88. The molecule has 4 heteroatoms. The first-order valence-electron chi connectivity index (χ1n) is 7.08. The minimum atomic E-state index is -0.858. The lowest BCUT2D eigenvalue weighted by atomic mass is 9.88. The maximum Gasteiger partial charge on any atom is 0.159 e. The second-order valence-electron chi connectivity index (χ2n) is 5.40. The molecular formula is C17H17F2NO. The summed E-state index contributed by atoms with van der Waals surface area (Å²) >= 11 is 0. The molecule has 0 saturated heterocycles. The molecule has 2 aromatic rings. The van der Waals surface area contributed by atoms with Crippen molar-refractivity contribution in [2.24, 2.45) is 5.73 Å². The highest BCUT2D eigenvalue weighted by molar-refractivity contribution is 5.39. The average molecular weight is 289 g/mol. The SMILES string of the molecule is NC1CCCc2ccc(OCc3ccc(F)c(F)c3)cc21. The number of hydrogen-bond acceptors (Lipinski definition) is 2. The third-order valence-corrected chi connectivity index (χ3v) is 3.87. The van der Waals surface area contributed by atoms with E-state index in [1.54, 1.807) is 0 Å². The second kappa shape index (κ2) is 5.82. The molecule has 2 aromatic carbocycles.